The smallest absolute Gasteiger partial charge is 0.306 e. The number of allylic oxidation sites excluding steroid dienone is 10. The number of carbonyl (C=O) groups excluding carboxylic acids is 3. The van der Waals surface area contributed by atoms with Crippen molar-refractivity contribution < 1.29 is 28.6 Å². The third-order valence-corrected chi connectivity index (χ3v) is 9.98. The van der Waals surface area contributed by atoms with Crippen LogP contribution in [-0.2, 0) is 28.6 Å². The molecule has 0 radical (unpaired) electrons. The van der Waals surface area contributed by atoms with Crippen molar-refractivity contribution in [2.75, 3.05) is 13.2 Å². The van der Waals surface area contributed by atoms with E-state index in [9.17, 15) is 14.4 Å². The molecule has 328 valence electrons. The fraction of sp³-hybridized carbons (Fsp3) is 0.745. The number of ether oxygens (including phenoxy) is 3. The maximum atomic E-state index is 12.7. The van der Waals surface area contributed by atoms with Crippen molar-refractivity contribution in [2.45, 2.75) is 232 Å². The van der Waals surface area contributed by atoms with Crippen molar-refractivity contribution in [2.24, 2.45) is 0 Å². The molecule has 0 bridgehead atoms. The van der Waals surface area contributed by atoms with Crippen LogP contribution in [0.2, 0.25) is 0 Å². The fourth-order valence-corrected chi connectivity index (χ4v) is 6.38. The second-order valence-corrected chi connectivity index (χ2v) is 15.6. The highest BCUT2D eigenvalue weighted by molar-refractivity contribution is 5.71. The summed E-state index contributed by atoms with van der Waals surface area (Å²) in [7, 11) is 0. The maximum Gasteiger partial charge on any atom is 0.306 e. The Bertz CT molecular complexity index is 1050. The van der Waals surface area contributed by atoms with Gasteiger partial charge in [-0.1, -0.05) is 165 Å². The average Bonchev–Trinajstić information content (AvgIpc) is 3.21. The number of unbranched alkanes of at least 4 members (excludes halogenated alkanes) is 21. The predicted molar refractivity (Wildman–Crippen MR) is 242 cm³/mol. The van der Waals surface area contributed by atoms with Crippen molar-refractivity contribution in [1.29, 1.82) is 0 Å². The van der Waals surface area contributed by atoms with E-state index in [-0.39, 0.29) is 31.1 Å². The van der Waals surface area contributed by atoms with Gasteiger partial charge in [0.15, 0.2) is 6.10 Å². The van der Waals surface area contributed by atoms with Gasteiger partial charge in [-0.15, -0.1) is 0 Å². The molecule has 0 aliphatic carbocycles. The van der Waals surface area contributed by atoms with E-state index >= 15 is 0 Å². The molecule has 57 heavy (non-hydrogen) atoms. The van der Waals surface area contributed by atoms with Crippen LogP contribution in [0, 0.1) is 0 Å². The number of esters is 3. The third kappa shape index (κ3) is 44.1. The molecule has 0 fully saturated rings. The normalized spacial score (nSPS) is 12.5. The summed E-state index contributed by atoms with van der Waals surface area (Å²) in [6.45, 7) is 6.44. The van der Waals surface area contributed by atoms with Crippen molar-refractivity contribution in [1.82, 2.24) is 0 Å². The molecule has 0 aliphatic rings. The molecule has 0 rings (SSSR count). The molecule has 0 spiro atoms. The largest absolute Gasteiger partial charge is 0.462 e. The van der Waals surface area contributed by atoms with Gasteiger partial charge in [0.25, 0.3) is 0 Å². The molecule has 1 unspecified atom stereocenters. The maximum absolute atomic E-state index is 12.7. The topological polar surface area (TPSA) is 78.9 Å². The Morgan fingerprint density at radius 3 is 1.05 bits per heavy atom. The van der Waals surface area contributed by atoms with Crippen LogP contribution in [-0.4, -0.2) is 37.2 Å². The summed E-state index contributed by atoms with van der Waals surface area (Å²) in [5.41, 5.74) is 0. The van der Waals surface area contributed by atoms with Crippen LogP contribution in [0.15, 0.2) is 60.8 Å². The summed E-state index contributed by atoms with van der Waals surface area (Å²) in [5.74, 6) is -0.931. The molecule has 0 aromatic heterocycles. The lowest BCUT2D eigenvalue weighted by molar-refractivity contribution is -0.167. The minimum Gasteiger partial charge on any atom is -0.462 e. The third-order valence-electron chi connectivity index (χ3n) is 9.98. The van der Waals surface area contributed by atoms with E-state index in [4.69, 9.17) is 14.2 Å². The van der Waals surface area contributed by atoms with Gasteiger partial charge in [-0.3, -0.25) is 14.4 Å². The average molecular weight is 797 g/mol. The molecule has 0 aliphatic heterocycles. The van der Waals surface area contributed by atoms with Crippen molar-refractivity contribution in [3.63, 3.8) is 0 Å². The van der Waals surface area contributed by atoms with Crippen LogP contribution in [0.4, 0.5) is 0 Å². The first-order valence-corrected chi connectivity index (χ1v) is 23.8. The van der Waals surface area contributed by atoms with Gasteiger partial charge in [0.1, 0.15) is 13.2 Å². The first-order chi connectivity index (χ1) is 28.0. The predicted octanol–water partition coefficient (Wildman–Crippen LogP) is 15.3. The molecule has 0 saturated heterocycles. The van der Waals surface area contributed by atoms with Gasteiger partial charge in [0, 0.05) is 19.3 Å². The molecule has 0 amide bonds. The van der Waals surface area contributed by atoms with Gasteiger partial charge in [0.05, 0.1) is 0 Å². The van der Waals surface area contributed by atoms with E-state index in [1.54, 1.807) is 0 Å². The summed E-state index contributed by atoms with van der Waals surface area (Å²) in [4.78, 5) is 37.8. The molecule has 0 saturated carbocycles. The van der Waals surface area contributed by atoms with Crippen molar-refractivity contribution in [3.8, 4) is 0 Å². The lowest BCUT2D eigenvalue weighted by Crippen LogP contribution is -2.30. The van der Waals surface area contributed by atoms with Gasteiger partial charge < -0.3 is 14.2 Å². The molecule has 6 heteroatoms. The Hall–Kier alpha value is -2.89. The Morgan fingerprint density at radius 1 is 0.368 bits per heavy atom. The molecule has 0 aromatic carbocycles. The number of hydrogen-bond donors (Lipinski definition) is 0. The van der Waals surface area contributed by atoms with Crippen LogP contribution in [0.3, 0.4) is 0 Å². The van der Waals surface area contributed by atoms with Crippen molar-refractivity contribution >= 4 is 17.9 Å². The number of hydrogen-bond acceptors (Lipinski definition) is 6. The molecular formula is C51H88O6. The Balaban J connectivity index is 4.40. The highest BCUT2D eigenvalue weighted by atomic mass is 16.6. The molecule has 0 N–H and O–H groups in total. The van der Waals surface area contributed by atoms with E-state index in [0.29, 0.717) is 19.3 Å². The number of rotatable bonds is 42. The van der Waals surface area contributed by atoms with Gasteiger partial charge >= 0.3 is 17.9 Å². The lowest BCUT2D eigenvalue weighted by atomic mass is 10.1. The number of carbonyl (C=O) groups is 3. The van der Waals surface area contributed by atoms with Gasteiger partial charge in [0.2, 0.25) is 0 Å². The molecular weight excluding hydrogens is 709 g/mol. The summed E-state index contributed by atoms with van der Waals surface area (Å²) >= 11 is 0. The zero-order valence-electron chi connectivity index (χ0n) is 37.3. The molecule has 1 atom stereocenters. The van der Waals surface area contributed by atoms with Crippen LogP contribution < -0.4 is 0 Å². The fourth-order valence-electron chi connectivity index (χ4n) is 6.38. The molecule has 0 heterocycles. The SMILES string of the molecule is CCC=CCCCCCCCC(=O)OCC(COC(=O)CCCCCCCC=CCC=CCCCCC)OC(=O)CCCCCCCC=CCC=CCCCCC. The summed E-state index contributed by atoms with van der Waals surface area (Å²) in [6, 6.07) is 0. The molecule has 6 nitrogen and oxygen atoms in total. The quantitative estimate of drug-likeness (QED) is 0.0265. The standard InChI is InChI=1S/C51H88O6/c1-4-7-10-13-16-19-21-23-25-27-29-32-35-38-41-44-50(53)56-47-48(46-55-49(52)43-40-37-34-31-18-15-12-9-6-3)57-51(54)45-42-39-36-33-30-28-26-24-22-20-17-14-11-8-5-2/h9,12,16-17,19-20,23-26,48H,4-8,10-11,13-15,18,21-22,27-47H2,1-3H3. The van der Waals surface area contributed by atoms with E-state index in [1.165, 1.54) is 64.2 Å². The van der Waals surface area contributed by atoms with E-state index in [0.717, 1.165) is 122 Å². The summed E-state index contributed by atoms with van der Waals surface area (Å²) in [6.07, 6.45) is 54.9. The monoisotopic (exact) mass is 797 g/mol. The van der Waals surface area contributed by atoms with Gasteiger partial charge in [-0.05, 0) is 103 Å². The first kappa shape index (κ1) is 54.1. The Kier molecular flexibility index (Phi) is 43.5. The van der Waals surface area contributed by atoms with E-state index < -0.39 is 6.10 Å². The van der Waals surface area contributed by atoms with E-state index in [1.807, 2.05) is 0 Å². The highest BCUT2D eigenvalue weighted by Gasteiger charge is 2.19. The second kappa shape index (κ2) is 45.8. The summed E-state index contributed by atoms with van der Waals surface area (Å²) in [5, 5.41) is 0. The Morgan fingerprint density at radius 2 is 0.684 bits per heavy atom. The molecule has 0 aromatic rings. The van der Waals surface area contributed by atoms with Crippen LogP contribution in [0.5, 0.6) is 0 Å². The van der Waals surface area contributed by atoms with Gasteiger partial charge in [-0.25, -0.2) is 0 Å². The first-order valence-electron chi connectivity index (χ1n) is 23.8. The minimum absolute atomic E-state index is 0.0898. The minimum atomic E-state index is -0.788. The second-order valence-electron chi connectivity index (χ2n) is 15.6. The Labute approximate surface area is 351 Å². The van der Waals surface area contributed by atoms with Crippen LogP contribution >= 0.6 is 0 Å². The van der Waals surface area contributed by atoms with Crippen LogP contribution in [0.1, 0.15) is 226 Å². The lowest BCUT2D eigenvalue weighted by Gasteiger charge is -2.18. The highest BCUT2D eigenvalue weighted by Crippen LogP contribution is 2.13. The zero-order valence-corrected chi connectivity index (χ0v) is 37.3. The van der Waals surface area contributed by atoms with Gasteiger partial charge in [-0.2, -0.15) is 0 Å². The van der Waals surface area contributed by atoms with E-state index in [2.05, 4.69) is 81.5 Å². The zero-order chi connectivity index (χ0) is 41.5. The summed E-state index contributed by atoms with van der Waals surface area (Å²) < 4.78 is 16.7. The van der Waals surface area contributed by atoms with Crippen molar-refractivity contribution in [3.05, 3.63) is 60.8 Å². The van der Waals surface area contributed by atoms with Crippen LogP contribution in [0.25, 0.3) is 0 Å².